The molecule has 0 aliphatic rings. The number of hydrogen-bond donors (Lipinski definition) is 1. The van der Waals surface area contributed by atoms with Crippen LogP contribution in [0.25, 0.3) is 0 Å². The SMILES string of the molecule is [B]c1cnc(CO)c(Cl)c1. The topological polar surface area (TPSA) is 33.1 Å². The zero-order valence-corrected chi connectivity index (χ0v) is 5.97. The summed E-state index contributed by atoms with van der Waals surface area (Å²) < 4.78 is 0. The summed E-state index contributed by atoms with van der Waals surface area (Å²) in [5.74, 6) is 0. The first-order valence-electron chi connectivity index (χ1n) is 2.75. The molecule has 0 spiro atoms. The minimum Gasteiger partial charge on any atom is -0.390 e. The van der Waals surface area contributed by atoms with Crippen molar-refractivity contribution in [3.63, 3.8) is 0 Å². The normalized spacial score (nSPS) is 9.80. The number of aromatic nitrogens is 1. The van der Waals surface area contributed by atoms with Crippen molar-refractivity contribution in [1.29, 1.82) is 0 Å². The second-order valence-electron chi connectivity index (χ2n) is 1.86. The van der Waals surface area contributed by atoms with Gasteiger partial charge in [-0.3, -0.25) is 4.98 Å². The Morgan fingerprint density at radius 3 is 2.90 bits per heavy atom. The molecule has 0 aromatic carbocycles. The van der Waals surface area contributed by atoms with E-state index in [9.17, 15) is 0 Å². The van der Waals surface area contributed by atoms with Gasteiger partial charge in [0, 0.05) is 6.20 Å². The molecule has 1 aromatic heterocycles. The lowest BCUT2D eigenvalue weighted by Crippen LogP contribution is -2.05. The summed E-state index contributed by atoms with van der Waals surface area (Å²) >= 11 is 5.63. The Labute approximate surface area is 65.3 Å². The molecule has 1 N–H and O–H groups in total. The predicted molar refractivity (Wildman–Crippen MR) is 40.6 cm³/mol. The molecule has 0 aliphatic heterocycles. The van der Waals surface area contributed by atoms with Crippen LogP contribution in [0.2, 0.25) is 5.02 Å². The van der Waals surface area contributed by atoms with Gasteiger partial charge in [-0.15, -0.1) is 0 Å². The van der Waals surface area contributed by atoms with Crippen LogP contribution in [0.5, 0.6) is 0 Å². The molecule has 0 fully saturated rings. The molecule has 1 heterocycles. The highest BCUT2D eigenvalue weighted by Crippen LogP contribution is 2.09. The van der Waals surface area contributed by atoms with Gasteiger partial charge in [0.05, 0.1) is 17.3 Å². The van der Waals surface area contributed by atoms with Crippen LogP contribution in [0.15, 0.2) is 12.3 Å². The summed E-state index contributed by atoms with van der Waals surface area (Å²) in [6.45, 7) is -0.154. The maximum absolute atomic E-state index is 8.62. The number of nitrogens with zero attached hydrogens (tertiary/aromatic N) is 1. The maximum atomic E-state index is 8.62. The Balaban J connectivity index is 3.07. The molecule has 0 atom stereocenters. The number of pyridine rings is 1. The first-order chi connectivity index (χ1) is 4.74. The third-order valence-electron chi connectivity index (χ3n) is 1.09. The second kappa shape index (κ2) is 3.04. The lowest BCUT2D eigenvalue weighted by atomic mass is 9.99. The Kier molecular flexibility index (Phi) is 2.30. The van der Waals surface area contributed by atoms with Crippen molar-refractivity contribution in [2.24, 2.45) is 0 Å². The standard InChI is InChI=1S/C6H5BClNO/c7-4-1-5(8)6(3-10)9-2-4/h1-2,10H,3H2. The van der Waals surface area contributed by atoms with Crippen LogP contribution in [0.1, 0.15) is 5.69 Å². The highest BCUT2D eigenvalue weighted by Gasteiger charge is 1.98. The fourth-order valence-electron chi connectivity index (χ4n) is 0.597. The summed E-state index contributed by atoms with van der Waals surface area (Å²) in [5, 5.41) is 9.03. The quantitative estimate of drug-likeness (QED) is 0.577. The van der Waals surface area contributed by atoms with E-state index in [2.05, 4.69) is 4.98 Å². The van der Waals surface area contributed by atoms with E-state index in [0.717, 1.165) is 0 Å². The van der Waals surface area contributed by atoms with E-state index in [1.165, 1.54) is 6.20 Å². The van der Waals surface area contributed by atoms with Gasteiger partial charge in [-0.05, 0) is 6.07 Å². The molecule has 4 heteroatoms. The van der Waals surface area contributed by atoms with Gasteiger partial charge >= 0.3 is 0 Å². The van der Waals surface area contributed by atoms with E-state index in [1.807, 2.05) is 0 Å². The zero-order valence-electron chi connectivity index (χ0n) is 5.21. The predicted octanol–water partition coefficient (Wildman–Crippen LogP) is 0.0211. The summed E-state index contributed by atoms with van der Waals surface area (Å²) in [5.41, 5.74) is 0.957. The van der Waals surface area contributed by atoms with Crippen molar-refractivity contribution < 1.29 is 5.11 Å². The number of aliphatic hydroxyl groups excluding tert-OH is 1. The van der Waals surface area contributed by atoms with E-state index in [-0.39, 0.29) is 6.61 Å². The molecule has 0 saturated heterocycles. The molecule has 0 saturated carbocycles. The highest BCUT2D eigenvalue weighted by molar-refractivity contribution is 6.36. The van der Waals surface area contributed by atoms with Crippen LogP contribution < -0.4 is 5.46 Å². The highest BCUT2D eigenvalue weighted by atomic mass is 35.5. The van der Waals surface area contributed by atoms with Gasteiger partial charge in [0.25, 0.3) is 0 Å². The third-order valence-corrected chi connectivity index (χ3v) is 1.42. The van der Waals surface area contributed by atoms with Crippen LogP contribution in [0.3, 0.4) is 0 Å². The fourth-order valence-corrected chi connectivity index (χ4v) is 0.832. The van der Waals surface area contributed by atoms with Crippen molar-refractivity contribution in [2.75, 3.05) is 0 Å². The fraction of sp³-hybridized carbons (Fsp3) is 0.167. The Hall–Kier alpha value is -0.535. The lowest BCUT2D eigenvalue weighted by molar-refractivity contribution is 0.277. The molecule has 0 amide bonds. The van der Waals surface area contributed by atoms with Gasteiger partial charge in [0.2, 0.25) is 0 Å². The minimum absolute atomic E-state index is 0.154. The maximum Gasteiger partial charge on any atom is 0.116 e. The van der Waals surface area contributed by atoms with E-state index < -0.39 is 0 Å². The average molecular weight is 153 g/mol. The molecule has 10 heavy (non-hydrogen) atoms. The van der Waals surface area contributed by atoms with Crippen LogP contribution in [0.4, 0.5) is 0 Å². The number of hydrogen-bond acceptors (Lipinski definition) is 2. The molecule has 0 unspecified atom stereocenters. The second-order valence-corrected chi connectivity index (χ2v) is 2.26. The van der Waals surface area contributed by atoms with Crippen molar-refractivity contribution in [3.8, 4) is 0 Å². The minimum atomic E-state index is -0.154. The lowest BCUT2D eigenvalue weighted by Gasteiger charge is -1.98. The first-order valence-corrected chi connectivity index (χ1v) is 3.12. The van der Waals surface area contributed by atoms with E-state index in [0.29, 0.717) is 16.2 Å². The van der Waals surface area contributed by atoms with Crippen molar-refractivity contribution in [1.82, 2.24) is 4.98 Å². The van der Waals surface area contributed by atoms with Gasteiger partial charge < -0.3 is 5.11 Å². The van der Waals surface area contributed by atoms with Gasteiger partial charge in [-0.1, -0.05) is 17.1 Å². The van der Waals surface area contributed by atoms with Crippen LogP contribution >= 0.6 is 11.6 Å². The molecular formula is C6H5BClNO. The number of rotatable bonds is 1. The molecule has 1 aromatic rings. The van der Waals surface area contributed by atoms with E-state index >= 15 is 0 Å². The largest absolute Gasteiger partial charge is 0.390 e. The Morgan fingerprint density at radius 1 is 1.70 bits per heavy atom. The van der Waals surface area contributed by atoms with Gasteiger partial charge in [-0.25, -0.2) is 0 Å². The van der Waals surface area contributed by atoms with Gasteiger partial charge in [0.1, 0.15) is 7.85 Å². The third kappa shape index (κ3) is 1.49. The molecule has 2 radical (unpaired) electrons. The summed E-state index contributed by atoms with van der Waals surface area (Å²) in [6, 6.07) is 1.56. The number of aliphatic hydroxyl groups is 1. The van der Waals surface area contributed by atoms with Crippen molar-refractivity contribution in [2.45, 2.75) is 6.61 Å². The van der Waals surface area contributed by atoms with Crippen LogP contribution in [-0.4, -0.2) is 17.9 Å². The molecule has 50 valence electrons. The summed E-state index contributed by atoms with van der Waals surface area (Å²) in [4.78, 5) is 3.79. The van der Waals surface area contributed by atoms with Crippen LogP contribution in [-0.2, 0) is 6.61 Å². The van der Waals surface area contributed by atoms with Crippen molar-refractivity contribution >= 4 is 24.9 Å². The van der Waals surface area contributed by atoms with Crippen LogP contribution in [0, 0.1) is 0 Å². The molecule has 0 bridgehead atoms. The first kappa shape index (κ1) is 7.57. The molecule has 1 rings (SSSR count). The van der Waals surface area contributed by atoms with Gasteiger partial charge in [0.15, 0.2) is 0 Å². The number of halogens is 1. The van der Waals surface area contributed by atoms with E-state index in [1.54, 1.807) is 6.07 Å². The monoisotopic (exact) mass is 153 g/mol. The molecule has 0 aliphatic carbocycles. The summed E-state index contributed by atoms with van der Waals surface area (Å²) in [6.07, 6.45) is 1.46. The Morgan fingerprint density at radius 2 is 2.40 bits per heavy atom. The molecular weight excluding hydrogens is 148 g/mol. The summed E-state index contributed by atoms with van der Waals surface area (Å²) in [7, 11) is 5.35. The smallest absolute Gasteiger partial charge is 0.116 e. The van der Waals surface area contributed by atoms with E-state index in [4.69, 9.17) is 24.6 Å². The average Bonchev–Trinajstić information content (AvgIpc) is 1.88. The Bertz CT molecular complexity index is 241. The van der Waals surface area contributed by atoms with Crippen molar-refractivity contribution in [3.05, 3.63) is 23.0 Å². The van der Waals surface area contributed by atoms with Gasteiger partial charge in [-0.2, -0.15) is 0 Å². The zero-order chi connectivity index (χ0) is 7.56. The molecule has 2 nitrogen and oxygen atoms in total.